The van der Waals surface area contributed by atoms with Crippen LogP contribution in [-0.4, -0.2) is 66.5 Å². The average molecular weight is 550 g/mol. The largest absolute Gasteiger partial charge is 0.463 e. The van der Waals surface area contributed by atoms with E-state index in [9.17, 15) is 19.7 Å². The number of benzene rings is 2. The van der Waals surface area contributed by atoms with Crippen molar-refractivity contribution in [1.82, 2.24) is 4.90 Å². The standard InChI is InChI=1S/C30H35N3O7/c1-20-25(28(34)39-16-15-38-4)27(23-11-8-12-24(17-23)33(36)37)26(21(2)31-20)29(35)40-30(3)13-14-32(19-30)18-22-9-6-5-7-10-22/h5-12,17,25,27H,13-16,18-19H2,1-4H3. The quantitative estimate of drug-likeness (QED) is 0.185. The molecule has 10 nitrogen and oxygen atoms in total. The molecule has 0 bridgehead atoms. The van der Waals surface area contributed by atoms with Gasteiger partial charge in [0.05, 0.1) is 17.1 Å². The molecule has 2 aliphatic heterocycles. The lowest BCUT2D eigenvalue weighted by Crippen LogP contribution is -2.40. The van der Waals surface area contributed by atoms with E-state index >= 15 is 0 Å². The smallest absolute Gasteiger partial charge is 0.337 e. The summed E-state index contributed by atoms with van der Waals surface area (Å²) in [5.41, 5.74) is 1.77. The maximum absolute atomic E-state index is 13.9. The first kappa shape index (κ1) is 29.1. The molecule has 0 radical (unpaired) electrons. The molecule has 0 amide bonds. The van der Waals surface area contributed by atoms with Gasteiger partial charge in [-0.25, -0.2) is 4.79 Å². The maximum Gasteiger partial charge on any atom is 0.337 e. The van der Waals surface area contributed by atoms with Crippen molar-refractivity contribution in [3.8, 4) is 0 Å². The van der Waals surface area contributed by atoms with Gasteiger partial charge in [-0.15, -0.1) is 0 Å². The summed E-state index contributed by atoms with van der Waals surface area (Å²) in [5, 5.41) is 11.6. The molecule has 40 heavy (non-hydrogen) atoms. The summed E-state index contributed by atoms with van der Waals surface area (Å²) >= 11 is 0. The van der Waals surface area contributed by atoms with E-state index in [0.29, 0.717) is 29.9 Å². The molecule has 2 aromatic rings. The molecule has 3 unspecified atom stereocenters. The number of nitrogens with zero attached hydrogens (tertiary/aromatic N) is 3. The summed E-state index contributed by atoms with van der Waals surface area (Å²) < 4.78 is 16.6. The van der Waals surface area contributed by atoms with Crippen molar-refractivity contribution >= 4 is 23.3 Å². The number of ether oxygens (including phenoxy) is 3. The van der Waals surface area contributed by atoms with Crippen LogP contribution in [0.25, 0.3) is 0 Å². The monoisotopic (exact) mass is 549 g/mol. The van der Waals surface area contributed by atoms with Crippen molar-refractivity contribution in [2.24, 2.45) is 10.9 Å². The molecule has 2 aromatic carbocycles. The van der Waals surface area contributed by atoms with Crippen LogP contribution in [0.2, 0.25) is 0 Å². The Bertz CT molecular complexity index is 1320. The second kappa shape index (κ2) is 12.5. The minimum atomic E-state index is -0.962. The molecule has 0 N–H and O–H groups in total. The zero-order chi connectivity index (χ0) is 28.9. The molecule has 2 heterocycles. The van der Waals surface area contributed by atoms with E-state index in [4.69, 9.17) is 14.2 Å². The molecule has 4 rings (SSSR count). The molecular weight excluding hydrogens is 514 g/mol. The SMILES string of the molecule is COCCOC(=O)C1C(C)=NC(C)=C(C(=O)OC2(C)CCN(Cc3ccccc3)C2)C1c1cccc([N+](=O)[O-])c1. The Morgan fingerprint density at radius 3 is 2.58 bits per heavy atom. The fourth-order valence-electron chi connectivity index (χ4n) is 5.48. The lowest BCUT2D eigenvalue weighted by Gasteiger charge is -2.33. The van der Waals surface area contributed by atoms with Crippen LogP contribution in [0.5, 0.6) is 0 Å². The molecule has 0 aliphatic carbocycles. The summed E-state index contributed by atoms with van der Waals surface area (Å²) in [5.74, 6) is -3.01. The minimum absolute atomic E-state index is 0.0264. The van der Waals surface area contributed by atoms with E-state index in [2.05, 4.69) is 22.0 Å². The summed E-state index contributed by atoms with van der Waals surface area (Å²) in [4.78, 5) is 45.0. The molecule has 0 saturated carbocycles. The van der Waals surface area contributed by atoms with Gasteiger partial charge in [-0.05, 0) is 31.9 Å². The van der Waals surface area contributed by atoms with Gasteiger partial charge in [0.1, 0.15) is 18.1 Å². The van der Waals surface area contributed by atoms with Gasteiger partial charge in [0.2, 0.25) is 0 Å². The lowest BCUT2D eigenvalue weighted by molar-refractivity contribution is -0.384. The number of hydrogen-bond acceptors (Lipinski definition) is 9. The minimum Gasteiger partial charge on any atom is -0.463 e. The molecule has 212 valence electrons. The second-order valence-electron chi connectivity index (χ2n) is 10.5. The zero-order valence-electron chi connectivity index (χ0n) is 23.3. The van der Waals surface area contributed by atoms with E-state index in [1.807, 2.05) is 25.1 Å². The third kappa shape index (κ3) is 6.63. The highest BCUT2D eigenvalue weighted by Crippen LogP contribution is 2.42. The summed E-state index contributed by atoms with van der Waals surface area (Å²) in [7, 11) is 1.50. The Kier molecular flexibility index (Phi) is 9.11. The fraction of sp³-hybridized carbons (Fsp3) is 0.433. The van der Waals surface area contributed by atoms with Gasteiger partial charge in [0.25, 0.3) is 5.69 Å². The molecule has 0 aromatic heterocycles. The Labute approximate surface area is 233 Å². The van der Waals surface area contributed by atoms with E-state index in [1.165, 1.54) is 24.8 Å². The van der Waals surface area contributed by atoms with Gasteiger partial charge in [-0.1, -0.05) is 42.5 Å². The van der Waals surface area contributed by atoms with Crippen molar-refractivity contribution in [2.75, 3.05) is 33.4 Å². The maximum atomic E-state index is 13.9. The Morgan fingerprint density at radius 1 is 1.12 bits per heavy atom. The third-order valence-electron chi connectivity index (χ3n) is 7.38. The van der Waals surface area contributed by atoms with E-state index in [-0.39, 0.29) is 24.5 Å². The van der Waals surface area contributed by atoms with Gasteiger partial charge in [0, 0.05) is 62.6 Å². The normalized spacial score (nSPS) is 23.1. The number of allylic oxidation sites excluding steroid dienone is 1. The predicted molar refractivity (Wildman–Crippen MR) is 149 cm³/mol. The number of aliphatic imine (C=N–C) groups is 1. The summed E-state index contributed by atoms with van der Waals surface area (Å²) in [6, 6.07) is 16.1. The first-order valence-corrected chi connectivity index (χ1v) is 13.3. The predicted octanol–water partition coefficient (Wildman–Crippen LogP) is 4.44. The molecular formula is C30H35N3O7. The number of esters is 2. The van der Waals surface area contributed by atoms with Crippen molar-refractivity contribution in [3.63, 3.8) is 0 Å². The molecule has 1 saturated heterocycles. The van der Waals surface area contributed by atoms with Crippen LogP contribution in [-0.2, 0) is 30.3 Å². The average Bonchev–Trinajstić information content (AvgIpc) is 3.28. The molecule has 2 aliphatic rings. The van der Waals surface area contributed by atoms with Crippen LogP contribution < -0.4 is 0 Å². The van der Waals surface area contributed by atoms with Crippen LogP contribution in [0.15, 0.2) is 70.9 Å². The molecule has 0 spiro atoms. The van der Waals surface area contributed by atoms with Gasteiger partial charge in [0.15, 0.2) is 0 Å². The summed E-state index contributed by atoms with van der Waals surface area (Å²) in [6.07, 6.45) is 0.643. The van der Waals surface area contributed by atoms with Gasteiger partial charge in [-0.2, -0.15) is 0 Å². The number of carbonyl (C=O) groups is 2. The van der Waals surface area contributed by atoms with Gasteiger partial charge >= 0.3 is 11.9 Å². The number of nitro benzene ring substituents is 1. The fourth-order valence-corrected chi connectivity index (χ4v) is 5.48. The van der Waals surface area contributed by atoms with Crippen molar-refractivity contribution in [1.29, 1.82) is 0 Å². The van der Waals surface area contributed by atoms with Crippen molar-refractivity contribution in [2.45, 2.75) is 45.3 Å². The Balaban J connectivity index is 1.64. The number of rotatable bonds is 10. The first-order valence-electron chi connectivity index (χ1n) is 13.3. The van der Waals surface area contributed by atoms with Crippen LogP contribution in [0.4, 0.5) is 5.69 Å². The van der Waals surface area contributed by atoms with Crippen LogP contribution >= 0.6 is 0 Å². The number of carbonyl (C=O) groups excluding carboxylic acids is 2. The Hall–Kier alpha value is -3.89. The summed E-state index contributed by atoms with van der Waals surface area (Å²) in [6.45, 7) is 7.57. The number of non-ortho nitro benzene ring substituents is 1. The Morgan fingerprint density at radius 2 is 1.88 bits per heavy atom. The van der Waals surface area contributed by atoms with Crippen LogP contribution in [0.3, 0.4) is 0 Å². The molecule has 10 heteroatoms. The van der Waals surface area contributed by atoms with Crippen LogP contribution in [0, 0.1) is 16.0 Å². The van der Waals surface area contributed by atoms with Gasteiger partial charge in [-0.3, -0.25) is 24.8 Å². The van der Waals surface area contributed by atoms with E-state index in [1.54, 1.807) is 26.0 Å². The highest BCUT2D eigenvalue weighted by molar-refractivity contribution is 6.07. The van der Waals surface area contributed by atoms with Crippen molar-refractivity contribution in [3.05, 3.63) is 87.1 Å². The number of methoxy groups -OCH3 is 1. The van der Waals surface area contributed by atoms with Crippen LogP contribution in [0.1, 0.15) is 44.2 Å². The zero-order valence-corrected chi connectivity index (χ0v) is 23.3. The lowest BCUT2D eigenvalue weighted by atomic mass is 9.75. The van der Waals surface area contributed by atoms with Crippen molar-refractivity contribution < 1.29 is 28.7 Å². The number of hydrogen-bond donors (Lipinski definition) is 0. The highest BCUT2D eigenvalue weighted by atomic mass is 16.6. The highest BCUT2D eigenvalue weighted by Gasteiger charge is 2.45. The number of likely N-dealkylation sites (tertiary alicyclic amines) is 1. The topological polar surface area (TPSA) is 121 Å². The van der Waals surface area contributed by atoms with E-state index in [0.717, 1.165) is 13.1 Å². The van der Waals surface area contributed by atoms with Gasteiger partial charge < -0.3 is 14.2 Å². The third-order valence-corrected chi connectivity index (χ3v) is 7.38. The second-order valence-corrected chi connectivity index (χ2v) is 10.5. The van der Waals surface area contributed by atoms with E-state index < -0.39 is 34.3 Å². The molecule has 3 atom stereocenters. The molecule has 1 fully saturated rings. The first-order chi connectivity index (χ1) is 19.1. The number of nitro groups is 1.